The number of benzene rings is 1. The summed E-state index contributed by atoms with van der Waals surface area (Å²) in [6.07, 6.45) is 7.55. The molecular weight excluding hydrogens is 418 g/mol. The van der Waals surface area contributed by atoms with Gasteiger partial charge in [0.15, 0.2) is 0 Å². The molecule has 31 heavy (non-hydrogen) atoms. The highest BCUT2D eigenvalue weighted by Gasteiger charge is 2.30. The van der Waals surface area contributed by atoms with Crippen molar-refractivity contribution in [1.82, 2.24) is 14.8 Å². The van der Waals surface area contributed by atoms with E-state index in [2.05, 4.69) is 84.2 Å². The molecule has 1 fully saturated rings. The molecule has 0 radical (unpaired) electrons. The predicted octanol–water partition coefficient (Wildman–Crippen LogP) is 8.57. The molecule has 1 aromatic carbocycles. The van der Waals surface area contributed by atoms with Crippen LogP contribution in [-0.4, -0.2) is 19.5 Å². The molecule has 3 nitrogen and oxygen atoms in total. The smallest absolute Gasteiger partial charge is 0.206 e. The highest BCUT2D eigenvalue weighted by Crippen LogP contribution is 2.47. The van der Waals surface area contributed by atoms with E-state index >= 15 is 0 Å². The van der Waals surface area contributed by atoms with Crippen LogP contribution in [0.4, 0.5) is 0 Å². The first-order valence-electron chi connectivity index (χ1n) is 11.8. The van der Waals surface area contributed by atoms with Crippen molar-refractivity contribution in [2.24, 2.45) is 5.41 Å². The van der Waals surface area contributed by atoms with Gasteiger partial charge in [0.05, 0.1) is 5.69 Å². The summed E-state index contributed by atoms with van der Waals surface area (Å²) in [4.78, 5) is 0. The summed E-state index contributed by atoms with van der Waals surface area (Å²) < 4.78 is 2.55. The van der Waals surface area contributed by atoms with Crippen LogP contribution in [0.25, 0.3) is 5.69 Å². The zero-order valence-electron chi connectivity index (χ0n) is 20.8. The van der Waals surface area contributed by atoms with Gasteiger partial charge in [-0.1, -0.05) is 89.8 Å². The zero-order chi connectivity index (χ0) is 22.9. The van der Waals surface area contributed by atoms with Gasteiger partial charge in [0.25, 0.3) is 0 Å². The van der Waals surface area contributed by atoms with Crippen LogP contribution in [0, 0.1) is 5.41 Å². The second-order valence-electron chi connectivity index (χ2n) is 11.9. The molecule has 0 aliphatic heterocycles. The van der Waals surface area contributed by atoms with Crippen LogP contribution in [0.15, 0.2) is 29.4 Å². The minimum atomic E-state index is 0.0608. The summed E-state index contributed by atoms with van der Waals surface area (Å²) >= 11 is 0. The maximum Gasteiger partial charge on any atom is 0.206 e. The molecule has 0 bridgehead atoms. The highest BCUT2D eigenvalue weighted by atomic mass is 33.1. The molecule has 1 aromatic heterocycles. The van der Waals surface area contributed by atoms with Gasteiger partial charge in [-0.15, -0.1) is 10.2 Å². The topological polar surface area (TPSA) is 30.7 Å². The Balaban J connectivity index is 2.01. The third kappa shape index (κ3) is 6.54. The number of nitrogens with zero attached hydrogens (tertiary/aromatic N) is 3. The molecule has 0 amide bonds. The van der Waals surface area contributed by atoms with Gasteiger partial charge in [-0.05, 0) is 66.4 Å². The molecule has 1 aliphatic rings. The van der Waals surface area contributed by atoms with Crippen molar-refractivity contribution in [3.8, 4) is 5.69 Å². The zero-order valence-corrected chi connectivity index (χ0v) is 22.4. The van der Waals surface area contributed by atoms with E-state index in [0.717, 1.165) is 17.4 Å². The first-order chi connectivity index (χ1) is 14.4. The van der Waals surface area contributed by atoms with E-state index in [1.165, 1.54) is 43.4 Å². The largest absolute Gasteiger partial charge is 0.273 e. The molecule has 2 aromatic rings. The maximum absolute atomic E-state index is 4.79. The lowest BCUT2D eigenvalue weighted by Crippen LogP contribution is -2.22. The quantitative estimate of drug-likeness (QED) is 0.405. The fourth-order valence-corrected chi connectivity index (χ4v) is 7.48. The number of aromatic nitrogens is 3. The number of hydrogen-bond acceptors (Lipinski definition) is 4. The second kappa shape index (κ2) is 9.51. The molecule has 0 atom stereocenters. The first kappa shape index (κ1) is 24.7. The highest BCUT2D eigenvalue weighted by molar-refractivity contribution is 8.77. The molecule has 1 heterocycles. The summed E-state index contributed by atoms with van der Waals surface area (Å²) in [5.74, 6) is 1.67. The van der Waals surface area contributed by atoms with Gasteiger partial charge in [0.1, 0.15) is 5.82 Å². The number of para-hydroxylation sites is 1. The van der Waals surface area contributed by atoms with Gasteiger partial charge >= 0.3 is 0 Å². The van der Waals surface area contributed by atoms with Crippen molar-refractivity contribution in [2.45, 2.75) is 115 Å². The lowest BCUT2D eigenvalue weighted by atomic mass is 9.85. The van der Waals surface area contributed by atoms with Crippen LogP contribution < -0.4 is 0 Å². The van der Waals surface area contributed by atoms with E-state index in [9.17, 15) is 0 Å². The van der Waals surface area contributed by atoms with Gasteiger partial charge in [0, 0.05) is 10.7 Å². The van der Waals surface area contributed by atoms with Crippen LogP contribution in [0.1, 0.15) is 111 Å². The van der Waals surface area contributed by atoms with Crippen molar-refractivity contribution in [1.29, 1.82) is 0 Å². The Morgan fingerprint density at radius 1 is 0.903 bits per heavy atom. The number of hydrogen-bond donors (Lipinski definition) is 0. The van der Waals surface area contributed by atoms with Crippen molar-refractivity contribution in [2.75, 3.05) is 0 Å². The second-order valence-corrected chi connectivity index (χ2v) is 14.7. The van der Waals surface area contributed by atoms with E-state index in [1.54, 1.807) is 10.8 Å². The van der Waals surface area contributed by atoms with Gasteiger partial charge in [-0.2, -0.15) is 0 Å². The van der Waals surface area contributed by atoms with Crippen molar-refractivity contribution in [3.05, 3.63) is 35.7 Å². The van der Waals surface area contributed by atoms with Gasteiger partial charge in [0.2, 0.25) is 5.16 Å². The monoisotopic (exact) mass is 459 g/mol. The molecular formula is C26H41N3S2. The van der Waals surface area contributed by atoms with Crippen LogP contribution >= 0.6 is 21.6 Å². The molecule has 172 valence electrons. The summed E-state index contributed by atoms with van der Waals surface area (Å²) in [6, 6.07) is 8.83. The van der Waals surface area contributed by atoms with E-state index in [4.69, 9.17) is 10.2 Å². The molecule has 0 spiro atoms. The Hall–Kier alpha value is -0.940. The Morgan fingerprint density at radius 3 is 2.16 bits per heavy atom. The normalized spacial score (nSPS) is 16.6. The van der Waals surface area contributed by atoms with Gasteiger partial charge < -0.3 is 0 Å². The van der Waals surface area contributed by atoms with Gasteiger partial charge in [-0.3, -0.25) is 4.57 Å². The SMILES string of the molecule is CC(C)(C)CC(C)(C)SSc1nnc(C2CCCCC2)n1-c1ccccc1C(C)(C)C. The standard InChI is InChI=1S/C26H41N3S2/c1-24(2,3)18-26(7,8)31-30-23-28-27-22(19-14-10-9-11-15-19)29(23)21-17-13-12-16-20(21)25(4,5)6/h12-13,16-17,19H,9-11,14-15,18H2,1-8H3. The molecule has 5 heteroatoms. The number of rotatable bonds is 6. The van der Waals surface area contributed by atoms with Crippen molar-refractivity contribution in [3.63, 3.8) is 0 Å². The lowest BCUT2D eigenvalue weighted by molar-refractivity contribution is 0.340. The molecule has 0 N–H and O–H groups in total. The fourth-order valence-electron chi connectivity index (χ4n) is 4.95. The minimum absolute atomic E-state index is 0.0608. The molecule has 3 rings (SSSR count). The predicted molar refractivity (Wildman–Crippen MR) is 137 cm³/mol. The molecule has 1 aliphatic carbocycles. The van der Waals surface area contributed by atoms with Crippen LogP contribution in [0.5, 0.6) is 0 Å². The summed E-state index contributed by atoms with van der Waals surface area (Å²) in [6.45, 7) is 18.6. The average molecular weight is 460 g/mol. The van der Waals surface area contributed by atoms with Crippen LogP contribution in [0.3, 0.4) is 0 Å². The van der Waals surface area contributed by atoms with E-state index < -0.39 is 0 Å². The molecule has 1 saturated carbocycles. The van der Waals surface area contributed by atoms with Crippen LogP contribution in [0.2, 0.25) is 0 Å². The van der Waals surface area contributed by atoms with E-state index in [-0.39, 0.29) is 10.2 Å². The fraction of sp³-hybridized carbons (Fsp3) is 0.692. The summed E-state index contributed by atoms with van der Waals surface area (Å²) in [5, 5.41) is 10.6. The molecule has 0 saturated heterocycles. The lowest BCUT2D eigenvalue weighted by Gasteiger charge is -2.31. The third-order valence-electron chi connectivity index (χ3n) is 5.88. The average Bonchev–Trinajstić information content (AvgIpc) is 3.08. The van der Waals surface area contributed by atoms with Gasteiger partial charge in [-0.25, -0.2) is 0 Å². The van der Waals surface area contributed by atoms with E-state index in [0.29, 0.717) is 11.3 Å². The summed E-state index contributed by atoms with van der Waals surface area (Å²) in [7, 11) is 3.73. The summed E-state index contributed by atoms with van der Waals surface area (Å²) in [5.41, 5.74) is 2.97. The molecule has 0 unspecified atom stereocenters. The Morgan fingerprint density at radius 2 is 1.55 bits per heavy atom. The Kier molecular flexibility index (Phi) is 7.57. The third-order valence-corrected chi connectivity index (χ3v) is 9.02. The van der Waals surface area contributed by atoms with Crippen molar-refractivity contribution >= 4 is 21.6 Å². The first-order valence-corrected chi connectivity index (χ1v) is 13.9. The van der Waals surface area contributed by atoms with Crippen LogP contribution in [-0.2, 0) is 5.41 Å². The Bertz CT molecular complexity index is 866. The Labute approximate surface area is 198 Å². The van der Waals surface area contributed by atoms with Crippen molar-refractivity contribution < 1.29 is 0 Å². The van der Waals surface area contributed by atoms with E-state index in [1.807, 2.05) is 10.8 Å². The maximum atomic E-state index is 4.79. The minimum Gasteiger partial charge on any atom is -0.273 e.